The summed E-state index contributed by atoms with van der Waals surface area (Å²) >= 11 is 0. The number of hydrogen-bond donors (Lipinski definition) is 6. The van der Waals surface area contributed by atoms with Crippen molar-refractivity contribution in [1.82, 2.24) is 14.7 Å². The molecule has 1 aromatic rings. The van der Waals surface area contributed by atoms with Crippen molar-refractivity contribution >= 4 is 28.9 Å². The Labute approximate surface area is 248 Å². The van der Waals surface area contributed by atoms with Crippen LogP contribution >= 0.6 is 0 Å². The number of carbonyl (C=O) groups excluding carboxylic acids is 3. The fraction of sp³-hybridized carbons (Fsp3) is 0.567. The molecule has 0 spiro atoms. The van der Waals surface area contributed by atoms with Crippen LogP contribution in [0, 0.1) is 23.6 Å². The summed E-state index contributed by atoms with van der Waals surface area (Å²) in [6.45, 7) is 2.76. The quantitative estimate of drug-likeness (QED) is 0.204. The van der Waals surface area contributed by atoms with Crippen LogP contribution in [0.1, 0.15) is 35.6 Å². The number of aliphatic hydroxyl groups excluding tert-OH is 2. The molecule has 0 bridgehead atoms. The number of nitrogens with one attached hydrogen (secondary N) is 1. The Balaban J connectivity index is 1.51. The average molecular weight is 600 g/mol. The number of likely N-dealkylation sites (tertiary alicyclic amines) is 1. The second-order valence-electron chi connectivity index (χ2n) is 13.0. The van der Waals surface area contributed by atoms with Crippen LogP contribution in [0.5, 0.6) is 5.75 Å². The molecule has 2 aliphatic heterocycles. The number of nitrogens with zero attached hydrogens (tertiary/aromatic N) is 3. The maximum atomic E-state index is 16.7. The van der Waals surface area contributed by atoms with Crippen LogP contribution in [-0.4, -0.2) is 119 Å². The number of Topliss-reactive ketones (excluding diaryl/α,β-unsaturated/α-hetero) is 2. The van der Waals surface area contributed by atoms with E-state index in [4.69, 9.17) is 5.73 Å². The van der Waals surface area contributed by atoms with Gasteiger partial charge in [-0.1, -0.05) is 0 Å². The van der Waals surface area contributed by atoms with Crippen molar-refractivity contribution in [1.29, 1.82) is 0 Å². The van der Waals surface area contributed by atoms with E-state index in [1.54, 1.807) is 0 Å². The molecule has 2 heterocycles. The number of amides is 1. The Morgan fingerprint density at radius 3 is 2.51 bits per heavy atom. The first-order valence-corrected chi connectivity index (χ1v) is 14.6. The molecule has 13 heteroatoms. The second kappa shape index (κ2) is 10.0. The molecule has 6 rings (SSSR count). The summed E-state index contributed by atoms with van der Waals surface area (Å²) in [5, 5.41) is 48.9. The lowest BCUT2D eigenvalue weighted by molar-refractivity contribution is -0.153. The first-order chi connectivity index (χ1) is 20.2. The van der Waals surface area contributed by atoms with Gasteiger partial charge in [-0.15, -0.1) is 0 Å². The van der Waals surface area contributed by atoms with E-state index in [2.05, 4.69) is 15.1 Å². The van der Waals surface area contributed by atoms with Gasteiger partial charge in [0.1, 0.15) is 28.7 Å². The maximum Gasteiger partial charge on any atom is 0.255 e. The topological polar surface area (TPSA) is 180 Å². The van der Waals surface area contributed by atoms with Crippen LogP contribution in [-0.2, 0) is 20.8 Å². The number of phenolic OH excluding ortho intramolecular Hbond substituents is 1. The Morgan fingerprint density at radius 1 is 1.19 bits per heavy atom. The summed E-state index contributed by atoms with van der Waals surface area (Å²) in [4.78, 5) is 45.2. The molecule has 6 atom stereocenters. The third-order valence-corrected chi connectivity index (χ3v) is 10.2. The van der Waals surface area contributed by atoms with Gasteiger partial charge in [0.25, 0.3) is 5.91 Å². The monoisotopic (exact) mass is 599 g/mol. The highest BCUT2D eigenvalue weighted by atomic mass is 19.1. The molecular weight excluding hydrogens is 561 g/mol. The molecule has 2 fully saturated rings. The van der Waals surface area contributed by atoms with Gasteiger partial charge in [-0.25, -0.2) is 4.39 Å². The van der Waals surface area contributed by atoms with Crippen LogP contribution in [0.15, 0.2) is 16.9 Å². The largest absolute Gasteiger partial charge is 0.508 e. The summed E-state index contributed by atoms with van der Waals surface area (Å²) in [7, 11) is 7.00. The molecule has 1 amide bonds. The van der Waals surface area contributed by atoms with Crippen molar-refractivity contribution in [2.24, 2.45) is 23.5 Å². The van der Waals surface area contributed by atoms with Crippen molar-refractivity contribution in [2.45, 2.75) is 36.9 Å². The number of likely N-dealkylation sites (N-methyl/N-ethyl adjacent to an activating group) is 2. The van der Waals surface area contributed by atoms with Crippen LogP contribution in [0.2, 0.25) is 0 Å². The maximum absolute atomic E-state index is 16.7. The molecule has 0 unspecified atom stereocenters. The van der Waals surface area contributed by atoms with Crippen molar-refractivity contribution in [3.05, 3.63) is 39.4 Å². The second-order valence-corrected chi connectivity index (χ2v) is 13.0. The number of phenols is 1. The Kier molecular flexibility index (Phi) is 6.88. The molecule has 1 aromatic carbocycles. The molecule has 0 radical (unpaired) electrons. The van der Waals surface area contributed by atoms with Crippen molar-refractivity contribution in [3.63, 3.8) is 0 Å². The van der Waals surface area contributed by atoms with Crippen LogP contribution in [0.25, 0.3) is 5.76 Å². The predicted molar refractivity (Wildman–Crippen MR) is 154 cm³/mol. The summed E-state index contributed by atoms with van der Waals surface area (Å²) in [5.74, 6) is -8.00. The predicted octanol–water partition coefficient (Wildman–Crippen LogP) is 0.453. The number of aliphatic hydroxyl groups is 3. The standard InChI is InChI=1S/C30H38FN5O7/c1-34(2)7-8-36-6-5-12-11-33-21-18(22(12)36)20(31)14-9-13-10-15-23(35(3)4)26(39)19(29(32)42)28(41)30(15,43)27(40)16(13)24(37)17(14)25(21)38/h12-13,15,22-23,33,37-38,41,43H,5-11H2,1-4H3,(H2,32,42)/t12-,13-,15-,22-,23-,30-/m0/s1. The normalized spacial score (nSPS) is 32.0. The SMILES string of the molecule is CN(C)CCN1CC[C@H]2CNc3c(O)c4c(c(F)c3[C@H]21)C[C@H]1C[C@H]2[C@H](N(C)C)C(=O)C(C(N)=O)=C(O)[C@@]2(O)C(=O)C1=C4O. The lowest BCUT2D eigenvalue weighted by atomic mass is 9.57. The number of anilines is 1. The zero-order valence-corrected chi connectivity index (χ0v) is 24.6. The number of nitrogens with two attached hydrogens (primary N) is 1. The number of benzene rings is 1. The highest BCUT2D eigenvalue weighted by molar-refractivity contribution is 6.24. The van der Waals surface area contributed by atoms with Gasteiger partial charge in [-0.2, -0.15) is 0 Å². The number of aromatic hydroxyl groups is 1. The van der Waals surface area contributed by atoms with E-state index in [0.717, 1.165) is 19.5 Å². The molecule has 1 saturated carbocycles. The number of halogens is 1. The smallest absolute Gasteiger partial charge is 0.255 e. The van der Waals surface area contributed by atoms with E-state index in [1.165, 1.54) is 19.0 Å². The minimum Gasteiger partial charge on any atom is -0.508 e. The molecule has 3 aliphatic carbocycles. The van der Waals surface area contributed by atoms with Gasteiger partial charge >= 0.3 is 0 Å². The van der Waals surface area contributed by atoms with E-state index in [1.807, 2.05) is 14.1 Å². The summed E-state index contributed by atoms with van der Waals surface area (Å²) in [6.07, 6.45) is 0.678. The molecule has 1 saturated heterocycles. The number of ketones is 2. The molecule has 5 aliphatic rings. The lowest BCUT2D eigenvalue weighted by Gasteiger charge is -2.50. The van der Waals surface area contributed by atoms with Crippen LogP contribution < -0.4 is 11.1 Å². The van der Waals surface area contributed by atoms with Gasteiger partial charge < -0.3 is 36.4 Å². The molecule has 12 nitrogen and oxygen atoms in total. The number of carbonyl (C=O) groups is 3. The summed E-state index contributed by atoms with van der Waals surface area (Å²) in [6, 6.07) is -1.48. The first kappa shape index (κ1) is 29.5. The number of fused-ring (bicyclic) bond motifs is 6. The van der Waals surface area contributed by atoms with Gasteiger partial charge in [0.05, 0.1) is 17.3 Å². The third-order valence-electron chi connectivity index (χ3n) is 10.2. The average Bonchev–Trinajstić information content (AvgIpc) is 3.35. The zero-order valence-electron chi connectivity index (χ0n) is 24.6. The number of rotatable bonds is 5. The summed E-state index contributed by atoms with van der Waals surface area (Å²) < 4.78 is 16.7. The Bertz CT molecular complexity index is 1520. The Morgan fingerprint density at radius 2 is 1.88 bits per heavy atom. The van der Waals surface area contributed by atoms with Gasteiger partial charge in [-0.05, 0) is 65.8 Å². The molecular formula is C30H38FN5O7. The molecule has 7 N–H and O–H groups in total. The Hall–Kier alpha value is -3.52. The highest BCUT2D eigenvalue weighted by Crippen LogP contribution is 2.56. The van der Waals surface area contributed by atoms with Crippen molar-refractivity contribution in [2.75, 3.05) is 59.7 Å². The van der Waals surface area contributed by atoms with E-state index in [9.17, 15) is 34.8 Å². The van der Waals surface area contributed by atoms with Gasteiger partial charge in [-0.3, -0.25) is 24.2 Å². The van der Waals surface area contributed by atoms with Gasteiger partial charge in [0.2, 0.25) is 5.78 Å². The molecule has 232 valence electrons. The lowest BCUT2D eigenvalue weighted by Crippen LogP contribution is -2.65. The summed E-state index contributed by atoms with van der Waals surface area (Å²) in [5.41, 5.74) is 1.77. The highest BCUT2D eigenvalue weighted by Gasteiger charge is 2.64. The van der Waals surface area contributed by atoms with Crippen LogP contribution in [0.4, 0.5) is 10.1 Å². The van der Waals surface area contributed by atoms with E-state index in [-0.39, 0.29) is 47.2 Å². The van der Waals surface area contributed by atoms with Gasteiger partial charge in [0, 0.05) is 48.3 Å². The van der Waals surface area contributed by atoms with Crippen molar-refractivity contribution < 1.29 is 39.2 Å². The minimum atomic E-state index is -2.74. The van der Waals surface area contributed by atoms with E-state index in [0.29, 0.717) is 18.7 Å². The third kappa shape index (κ3) is 3.98. The fourth-order valence-electron chi connectivity index (χ4n) is 8.18. The van der Waals surface area contributed by atoms with E-state index < -0.39 is 69.6 Å². The number of hydrogen-bond acceptors (Lipinski definition) is 11. The van der Waals surface area contributed by atoms with Crippen molar-refractivity contribution in [3.8, 4) is 5.75 Å². The first-order valence-electron chi connectivity index (χ1n) is 14.6. The number of primary amides is 1. The van der Waals surface area contributed by atoms with E-state index >= 15 is 4.39 Å². The molecule has 0 aromatic heterocycles. The van der Waals surface area contributed by atoms with Crippen LogP contribution in [0.3, 0.4) is 0 Å². The molecule has 43 heavy (non-hydrogen) atoms. The fourth-order valence-corrected chi connectivity index (χ4v) is 8.18. The van der Waals surface area contributed by atoms with Gasteiger partial charge in [0.15, 0.2) is 11.4 Å². The zero-order chi connectivity index (χ0) is 31.3. The minimum absolute atomic E-state index is 0.0591.